The fourth-order valence-corrected chi connectivity index (χ4v) is 2.79. The van der Waals surface area contributed by atoms with E-state index in [0.717, 1.165) is 0 Å². The van der Waals surface area contributed by atoms with E-state index >= 15 is 0 Å². The van der Waals surface area contributed by atoms with Gasteiger partial charge in [-0.05, 0) is 48.4 Å². The second-order valence-electron chi connectivity index (χ2n) is 6.25. The second kappa shape index (κ2) is 8.24. The highest BCUT2D eigenvalue weighted by atomic mass is 19.4. The topological polar surface area (TPSA) is 89.9 Å². The Hall–Kier alpha value is -3.87. The van der Waals surface area contributed by atoms with Crippen LogP contribution in [0.25, 0.3) is 11.4 Å². The number of rotatable bonds is 5. The van der Waals surface area contributed by atoms with Crippen LogP contribution in [0.1, 0.15) is 23.4 Å². The van der Waals surface area contributed by atoms with E-state index in [-0.39, 0.29) is 17.8 Å². The van der Waals surface area contributed by atoms with E-state index in [1.54, 1.807) is 0 Å². The number of aromatic nitrogens is 3. The van der Waals surface area contributed by atoms with Crippen molar-refractivity contribution in [3.8, 4) is 17.4 Å². The molecule has 0 unspecified atom stereocenters. The summed E-state index contributed by atoms with van der Waals surface area (Å²) in [5.74, 6) is -1.78. The van der Waals surface area contributed by atoms with Crippen LogP contribution in [-0.2, 0) is 22.1 Å². The van der Waals surface area contributed by atoms with Gasteiger partial charge in [-0.15, -0.1) is 5.10 Å². The van der Waals surface area contributed by atoms with Gasteiger partial charge in [0.15, 0.2) is 0 Å². The Morgan fingerprint density at radius 3 is 2.23 bits per heavy atom. The van der Waals surface area contributed by atoms with Crippen LogP contribution in [0.2, 0.25) is 0 Å². The number of aryl methyl sites for hydroxylation is 1. The quantitative estimate of drug-likeness (QED) is 0.597. The summed E-state index contributed by atoms with van der Waals surface area (Å²) in [6, 6.07) is 13.1. The highest BCUT2D eigenvalue weighted by Crippen LogP contribution is 2.29. The molecule has 0 amide bonds. The van der Waals surface area contributed by atoms with Gasteiger partial charge in [0.1, 0.15) is 0 Å². The van der Waals surface area contributed by atoms with Crippen molar-refractivity contribution in [1.82, 2.24) is 14.3 Å². The van der Waals surface area contributed by atoms with Crippen LogP contribution in [0, 0.1) is 11.3 Å². The molecule has 0 fully saturated rings. The maximum atomic E-state index is 13.6. The number of methoxy groups -OCH3 is 1. The molecule has 3 rings (SSSR count). The smallest absolute Gasteiger partial charge is 0.452 e. The van der Waals surface area contributed by atoms with Gasteiger partial charge >= 0.3 is 17.8 Å². The predicted molar refractivity (Wildman–Crippen MR) is 99.2 cm³/mol. The zero-order chi connectivity index (χ0) is 21.9. The molecular formula is C20H15F3N4O3. The molecule has 0 aliphatic heterocycles. The molecule has 10 heteroatoms. The summed E-state index contributed by atoms with van der Waals surface area (Å²) in [5, 5.41) is 12.3. The molecule has 1 heterocycles. The average Bonchev–Trinajstić information content (AvgIpc) is 3.10. The average molecular weight is 416 g/mol. The lowest BCUT2D eigenvalue weighted by molar-refractivity contribution is -0.146. The number of halogens is 3. The number of benzene rings is 2. The van der Waals surface area contributed by atoms with Crippen LogP contribution in [0.15, 0.2) is 53.3 Å². The van der Waals surface area contributed by atoms with E-state index in [4.69, 9.17) is 5.26 Å². The van der Waals surface area contributed by atoms with E-state index < -0.39 is 23.7 Å². The van der Waals surface area contributed by atoms with Crippen LogP contribution in [0.3, 0.4) is 0 Å². The number of esters is 1. The van der Waals surface area contributed by atoms with Crippen LogP contribution in [0.5, 0.6) is 0 Å². The van der Waals surface area contributed by atoms with Crippen molar-refractivity contribution in [2.45, 2.75) is 19.0 Å². The van der Waals surface area contributed by atoms with Crippen molar-refractivity contribution in [1.29, 1.82) is 5.26 Å². The van der Waals surface area contributed by atoms with E-state index in [9.17, 15) is 22.8 Å². The van der Waals surface area contributed by atoms with Gasteiger partial charge in [0.25, 0.3) is 0 Å². The third-order valence-corrected chi connectivity index (χ3v) is 4.31. The molecule has 0 atom stereocenters. The lowest BCUT2D eigenvalue weighted by Gasteiger charge is -2.09. The van der Waals surface area contributed by atoms with Gasteiger partial charge in [-0.1, -0.05) is 12.1 Å². The van der Waals surface area contributed by atoms with Gasteiger partial charge in [0.05, 0.1) is 30.1 Å². The summed E-state index contributed by atoms with van der Waals surface area (Å²) in [6.45, 7) is 0. The van der Waals surface area contributed by atoms with Crippen molar-refractivity contribution >= 4 is 5.97 Å². The van der Waals surface area contributed by atoms with E-state index in [1.807, 2.05) is 6.07 Å². The highest BCUT2D eigenvalue weighted by molar-refractivity contribution is 5.69. The Kier molecular flexibility index (Phi) is 5.73. The summed E-state index contributed by atoms with van der Waals surface area (Å²) in [6.07, 6.45) is -4.40. The number of nitrogens with zero attached hydrogens (tertiary/aromatic N) is 4. The number of nitriles is 1. The molecule has 30 heavy (non-hydrogen) atoms. The van der Waals surface area contributed by atoms with Crippen LogP contribution < -0.4 is 5.69 Å². The first kappa shape index (κ1) is 20.9. The third-order valence-electron chi connectivity index (χ3n) is 4.31. The van der Waals surface area contributed by atoms with Gasteiger partial charge in [-0.25, -0.2) is 9.36 Å². The maximum Gasteiger partial charge on any atom is 0.452 e. The molecule has 0 saturated carbocycles. The van der Waals surface area contributed by atoms with E-state index in [0.29, 0.717) is 26.8 Å². The van der Waals surface area contributed by atoms with Crippen molar-refractivity contribution in [3.05, 3.63) is 76.0 Å². The monoisotopic (exact) mass is 416 g/mol. The number of hydrogen-bond acceptors (Lipinski definition) is 5. The molecule has 0 N–H and O–H groups in total. The molecule has 0 radical (unpaired) electrons. The van der Waals surface area contributed by atoms with Gasteiger partial charge in [0.2, 0.25) is 5.82 Å². The number of carbonyl (C=O) groups is 1. The number of carbonyl (C=O) groups excluding carboxylic acids is 1. The zero-order valence-electron chi connectivity index (χ0n) is 15.7. The number of ether oxygens (including phenoxy) is 1. The summed E-state index contributed by atoms with van der Waals surface area (Å²) in [5.41, 5.74) is 0.0661. The van der Waals surface area contributed by atoms with Gasteiger partial charge in [0, 0.05) is 6.42 Å². The minimum atomic E-state index is -4.87. The molecule has 0 bridgehead atoms. The van der Waals surface area contributed by atoms with Crippen LogP contribution in [0.4, 0.5) is 13.2 Å². The first-order valence-corrected chi connectivity index (χ1v) is 8.70. The molecule has 0 aliphatic carbocycles. The minimum Gasteiger partial charge on any atom is -0.469 e. The van der Waals surface area contributed by atoms with Crippen molar-refractivity contribution in [2.75, 3.05) is 7.11 Å². The molecule has 3 aromatic rings. The number of alkyl halides is 3. The first-order chi connectivity index (χ1) is 14.2. The number of hydrogen-bond donors (Lipinski definition) is 0. The third kappa shape index (κ3) is 4.25. The molecule has 7 nitrogen and oxygen atoms in total. The Morgan fingerprint density at radius 1 is 1.10 bits per heavy atom. The van der Waals surface area contributed by atoms with Crippen molar-refractivity contribution in [3.63, 3.8) is 0 Å². The summed E-state index contributed by atoms with van der Waals surface area (Å²) < 4.78 is 46.3. The molecular weight excluding hydrogens is 401 g/mol. The molecule has 2 aromatic carbocycles. The summed E-state index contributed by atoms with van der Waals surface area (Å²) >= 11 is 0. The Balaban J connectivity index is 2.03. The Morgan fingerprint density at radius 2 is 1.70 bits per heavy atom. The van der Waals surface area contributed by atoms with E-state index in [2.05, 4.69) is 9.84 Å². The lowest BCUT2D eigenvalue weighted by atomic mass is 10.1. The van der Waals surface area contributed by atoms with Gasteiger partial charge in [-0.3, -0.25) is 4.79 Å². The minimum absolute atomic E-state index is 0.0194. The van der Waals surface area contributed by atoms with Gasteiger partial charge in [-0.2, -0.15) is 23.1 Å². The molecule has 154 valence electrons. The molecule has 0 aliphatic rings. The summed E-state index contributed by atoms with van der Waals surface area (Å²) in [4.78, 5) is 24.0. The first-order valence-electron chi connectivity index (χ1n) is 8.70. The van der Waals surface area contributed by atoms with Crippen molar-refractivity contribution < 1.29 is 22.7 Å². The fraction of sp³-hybridized carbons (Fsp3) is 0.200. The Bertz CT molecular complexity index is 1150. The van der Waals surface area contributed by atoms with Gasteiger partial charge < -0.3 is 4.74 Å². The molecule has 1 aromatic heterocycles. The standard InChI is InChI=1S/C20H15F3N4O3/c1-30-17(28)11-6-13-2-7-15(8-3-13)26-18(20(21,22)23)25-27(19(26)29)16-9-4-14(12-24)5-10-16/h2-5,7-10H,6,11H2,1H3. The van der Waals surface area contributed by atoms with Crippen molar-refractivity contribution in [2.24, 2.45) is 0 Å². The largest absolute Gasteiger partial charge is 0.469 e. The summed E-state index contributed by atoms with van der Waals surface area (Å²) in [7, 11) is 1.27. The lowest BCUT2D eigenvalue weighted by Crippen LogP contribution is -2.24. The highest BCUT2D eigenvalue weighted by Gasteiger charge is 2.39. The second-order valence-corrected chi connectivity index (χ2v) is 6.25. The normalized spacial score (nSPS) is 11.2. The fourth-order valence-electron chi connectivity index (χ4n) is 2.79. The van der Waals surface area contributed by atoms with Crippen LogP contribution in [-0.4, -0.2) is 27.4 Å². The zero-order valence-corrected chi connectivity index (χ0v) is 15.7. The maximum absolute atomic E-state index is 13.6. The van der Waals surface area contributed by atoms with Crippen LogP contribution >= 0.6 is 0 Å². The molecule has 0 saturated heterocycles. The molecule has 0 spiro atoms. The Labute approximate surface area is 168 Å². The SMILES string of the molecule is COC(=O)CCc1ccc(-n2c(C(F)(F)F)nn(-c3ccc(C#N)cc3)c2=O)cc1. The predicted octanol–water partition coefficient (Wildman–Crippen LogP) is 3.02. The van der Waals surface area contributed by atoms with E-state index in [1.165, 1.54) is 55.6 Å².